The molecule has 0 aliphatic carbocycles. The van der Waals surface area contributed by atoms with Crippen molar-refractivity contribution in [1.29, 1.82) is 0 Å². The maximum atomic E-state index is 13.2. The topological polar surface area (TPSA) is 75.7 Å². The zero-order valence-corrected chi connectivity index (χ0v) is 17.7. The molecule has 3 aromatic carbocycles. The van der Waals surface area contributed by atoms with E-state index in [0.29, 0.717) is 35.1 Å². The average Bonchev–Trinajstić information content (AvgIpc) is 3.19. The minimum Gasteiger partial charge on any atom is -0.495 e. The summed E-state index contributed by atoms with van der Waals surface area (Å²) >= 11 is 6.01. The van der Waals surface area contributed by atoms with E-state index >= 15 is 0 Å². The monoisotopic (exact) mass is 442 g/mol. The van der Waals surface area contributed by atoms with Gasteiger partial charge in [-0.05, 0) is 54.4 Å². The third-order valence-electron chi connectivity index (χ3n) is 4.94. The van der Waals surface area contributed by atoms with Crippen LogP contribution in [0, 0.1) is 0 Å². The second-order valence-electron chi connectivity index (χ2n) is 6.78. The van der Waals surface area contributed by atoms with Crippen LogP contribution in [0.2, 0.25) is 5.02 Å². The van der Waals surface area contributed by atoms with Gasteiger partial charge in [-0.2, -0.15) is 0 Å². The molecule has 0 spiro atoms. The number of anilines is 2. The summed E-state index contributed by atoms with van der Waals surface area (Å²) in [4.78, 5) is 12.8. The summed E-state index contributed by atoms with van der Waals surface area (Å²) in [6.07, 6.45) is 0.657. The van der Waals surface area contributed by atoms with E-state index in [0.717, 1.165) is 5.56 Å². The second kappa shape index (κ2) is 8.01. The van der Waals surface area contributed by atoms with Gasteiger partial charge in [0.15, 0.2) is 0 Å². The van der Waals surface area contributed by atoms with Gasteiger partial charge < -0.3 is 10.1 Å². The van der Waals surface area contributed by atoms with Crippen LogP contribution < -0.4 is 14.4 Å². The van der Waals surface area contributed by atoms with Crippen LogP contribution in [0.15, 0.2) is 71.6 Å². The fraction of sp³-hybridized carbons (Fsp3) is 0.136. The van der Waals surface area contributed by atoms with Crippen molar-refractivity contribution >= 4 is 38.9 Å². The highest BCUT2D eigenvalue weighted by Crippen LogP contribution is 2.33. The average molecular weight is 443 g/mol. The molecule has 0 aromatic heterocycles. The molecule has 0 atom stereocenters. The molecule has 0 saturated heterocycles. The summed E-state index contributed by atoms with van der Waals surface area (Å²) in [5, 5.41) is 3.17. The summed E-state index contributed by atoms with van der Waals surface area (Å²) in [7, 11) is -2.31. The number of para-hydroxylation sites is 1. The van der Waals surface area contributed by atoms with Gasteiger partial charge in [0.25, 0.3) is 15.9 Å². The van der Waals surface area contributed by atoms with Crippen molar-refractivity contribution in [2.24, 2.45) is 0 Å². The van der Waals surface area contributed by atoms with E-state index < -0.39 is 15.9 Å². The molecule has 4 rings (SSSR count). The van der Waals surface area contributed by atoms with E-state index in [4.69, 9.17) is 16.3 Å². The Labute approximate surface area is 180 Å². The second-order valence-corrected chi connectivity index (χ2v) is 9.08. The number of benzene rings is 3. The molecule has 6 nitrogen and oxygen atoms in total. The maximum Gasteiger partial charge on any atom is 0.264 e. The molecular weight excluding hydrogens is 424 g/mol. The Morgan fingerprint density at radius 3 is 2.67 bits per heavy atom. The lowest BCUT2D eigenvalue weighted by molar-refractivity contribution is 0.102. The quantitative estimate of drug-likeness (QED) is 0.637. The number of rotatable bonds is 5. The number of nitrogens with zero attached hydrogens (tertiary/aromatic N) is 1. The zero-order valence-electron chi connectivity index (χ0n) is 16.1. The normalized spacial score (nSPS) is 13.1. The van der Waals surface area contributed by atoms with Crippen LogP contribution in [0.25, 0.3) is 0 Å². The Balaban J connectivity index is 1.63. The Kier molecular flexibility index (Phi) is 5.40. The molecule has 1 aliphatic rings. The van der Waals surface area contributed by atoms with Crippen LogP contribution in [0.1, 0.15) is 15.9 Å². The molecule has 1 N–H and O–H groups in total. The molecule has 1 heterocycles. The molecule has 8 heteroatoms. The Bertz CT molecular complexity index is 1230. The Morgan fingerprint density at radius 1 is 1.07 bits per heavy atom. The summed E-state index contributed by atoms with van der Waals surface area (Å²) < 4.78 is 33.1. The molecule has 154 valence electrons. The van der Waals surface area contributed by atoms with Crippen molar-refractivity contribution in [3.8, 4) is 5.75 Å². The van der Waals surface area contributed by atoms with Gasteiger partial charge in [0.05, 0.1) is 23.4 Å². The number of sulfonamides is 1. The highest BCUT2D eigenvalue weighted by Gasteiger charge is 2.31. The minimum absolute atomic E-state index is 0.0601. The van der Waals surface area contributed by atoms with Gasteiger partial charge in [0, 0.05) is 17.1 Å². The van der Waals surface area contributed by atoms with Crippen molar-refractivity contribution in [1.82, 2.24) is 0 Å². The number of hydrogen-bond donors (Lipinski definition) is 1. The first-order valence-corrected chi connectivity index (χ1v) is 11.1. The number of methoxy groups -OCH3 is 1. The van der Waals surface area contributed by atoms with Crippen LogP contribution in [0.5, 0.6) is 5.75 Å². The smallest absolute Gasteiger partial charge is 0.264 e. The predicted octanol–water partition coefficient (Wildman–Crippen LogP) is 4.35. The lowest BCUT2D eigenvalue weighted by Gasteiger charge is -2.20. The third-order valence-corrected chi connectivity index (χ3v) is 6.98. The highest BCUT2D eigenvalue weighted by molar-refractivity contribution is 7.92. The van der Waals surface area contributed by atoms with Crippen molar-refractivity contribution in [2.45, 2.75) is 11.3 Å². The number of amides is 1. The summed E-state index contributed by atoms with van der Waals surface area (Å²) in [5.74, 6) is -0.0142. The van der Waals surface area contributed by atoms with E-state index in [1.807, 2.05) is 18.2 Å². The molecule has 0 bridgehead atoms. The number of carbonyl (C=O) groups is 1. The number of carbonyl (C=O) groups excluding carboxylic acids is 1. The Hall–Kier alpha value is -3.03. The molecule has 0 fully saturated rings. The molecular formula is C22H19ClN2O4S. The van der Waals surface area contributed by atoms with Gasteiger partial charge in [-0.3, -0.25) is 9.10 Å². The van der Waals surface area contributed by atoms with Gasteiger partial charge in [-0.25, -0.2) is 8.42 Å². The predicted molar refractivity (Wildman–Crippen MR) is 117 cm³/mol. The molecule has 30 heavy (non-hydrogen) atoms. The van der Waals surface area contributed by atoms with Crippen LogP contribution in [-0.4, -0.2) is 28.0 Å². The summed E-state index contributed by atoms with van der Waals surface area (Å²) in [5.41, 5.74) is 2.28. The van der Waals surface area contributed by atoms with E-state index in [2.05, 4.69) is 5.32 Å². The molecule has 0 radical (unpaired) electrons. The van der Waals surface area contributed by atoms with Gasteiger partial charge >= 0.3 is 0 Å². The first-order valence-electron chi connectivity index (χ1n) is 9.26. The van der Waals surface area contributed by atoms with Crippen LogP contribution in [0.4, 0.5) is 11.4 Å². The van der Waals surface area contributed by atoms with E-state index in [-0.39, 0.29) is 10.5 Å². The maximum absolute atomic E-state index is 13.2. The van der Waals surface area contributed by atoms with Crippen LogP contribution in [0.3, 0.4) is 0 Å². The van der Waals surface area contributed by atoms with Crippen molar-refractivity contribution in [3.05, 3.63) is 82.9 Å². The highest BCUT2D eigenvalue weighted by atomic mass is 35.5. The molecule has 1 aliphatic heterocycles. The summed E-state index contributed by atoms with van der Waals surface area (Å²) in [6.45, 7) is 0.373. The van der Waals surface area contributed by atoms with Crippen LogP contribution >= 0.6 is 11.6 Å². The first-order chi connectivity index (χ1) is 14.4. The number of hydrogen-bond acceptors (Lipinski definition) is 4. The molecule has 0 unspecified atom stereocenters. The standard InChI is InChI=1S/C22H19ClN2O4S/c1-29-21-10-9-17(23)14-19(21)24-22(26)16-6-4-7-18(13-16)30(27,28)25-12-11-15-5-2-3-8-20(15)25/h2-10,13-14H,11-12H2,1H3,(H,24,26). The zero-order chi connectivity index (χ0) is 21.3. The van der Waals surface area contributed by atoms with E-state index in [1.54, 1.807) is 36.4 Å². The molecule has 1 amide bonds. The lowest BCUT2D eigenvalue weighted by Crippen LogP contribution is -2.29. The largest absolute Gasteiger partial charge is 0.495 e. The minimum atomic E-state index is -3.79. The van der Waals surface area contributed by atoms with Gasteiger partial charge in [-0.15, -0.1) is 0 Å². The lowest BCUT2D eigenvalue weighted by atomic mass is 10.2. The SMILES string of the molecule is COc1ccc(Cl)cc1NC(=O)c1cccc(S(=O)(=O)N2CCc3ccccc32)c1. The number of fused-ring (bicyclic) bond motifs is 1. The Morgan fingerprint density at radius 2 is 1.87 bits per heavy atom. The van der Waals surface area contributed by atoms with Crippen molar-refractivity contribution in [3.63, 3.8) is 0 Å². The number of ether oxygens (including phenoxy) is 1. The van der Waals surface area contributed by atoms with Gasteiger partial charge in [0.1, 0.15) is 5.75 Å². The van der Waals surface area contributed by atoms with Gasteiger partial charge in [-0.1, -0.05) is 35.9 Å². The van der Waals surface area contributed by atoms with Gasteiger partial charge in [0.2, 0.25) is 0 Å². The van der Waals surface area contributed by atoms with E-state index in [9.17, 15) is 13.2 Å². The van der Waals surface area contributed by atoms with E-state index in [1.165, 1.54) is 23.5 Å². The first kappa shape index (κ1) is 20.3. The fourth-order valence-electron chi connectivity index (χ4n) is 3.46. The number of nitrogens with one attached hydrogen (secondary N) is 1. The molecule has 3 aromatic rings. The third kappa shape index (κ3) is 3.74. The summed E-state index contributed by atoms with van der Waals surface area (Å²) in [6, 6.07) is 18.3. The van der Waals surface area contributed by atoms with Crippen molar-refractivity contribution < 1.29 is 17.9 Å². The number of halogens is 1. The fourth-order valence-corrected chi connectivity index (χ4v) is 5.18. The van der Waals surface area contributed by atoms with Crippen LogP contribution in [-0.2, 0) is 16.4 Å². The molecule has 0 saturated carbocycles. The van der Waals surface area contributed by atoms with Crippen molar-refractivity contribution in [2.75, 3.05) is 23.3 Å².